The summed E-state index contributed by atoms with van der Waals surface area (Å²) in [6.45, 7) is 3.07. The number of aromatic nitrogens is 2. The lowest BCUT2D eigenvalue weighted by Gasteiger charge is -2.21. The highest BCUT2D eigenvalue weighted by molar-refractivity contribution is 7.18. The Morgan fingerprint density at radius 3 is 2.61 bits per heavy atom. The smallest absolute Gasteiger partial charge is 0.227 e. The summed E-state index contributed by atoms with van der Waals surface area (Å²) < 4.78 is 0. The van der Waals surface area contributed by atoms with E-state index in [9.17, 15) is 9.59 Å². The van der Waals surface area contributed by atoms with Crippen LogP contribution < -0.4 is 5.32 Å². The van der Waals surface area contributed by atoms with Gasteiger partial charge in [0.2, 0.25) is 16.9 Å². The van der Waals surface area contributed by atoms with Crippen molar-refractivity contribution in [2.24, 2.45) is 0 Å². The van der Waals surface area contributed by atoms with Gasteiger partial charge in [0.05, 0.1) is 6.42 Å². The molecule has 0 radical (unpaired) electrons. The van der Waals surface area contributed by atoms with Crippen molar-refractivity contribution in [1.29, 1.82) is 0 Å². The standard InChI is InChI=1S/C20H22N4O2S2/c1-2-11-24(18(26)14-16-9-6-13-27-16)12-10-17(25)21-20-23-22-19(28-20)15-7-4-3-5-8-15/h3-9,13H,2,10-12,14H2,1H3,(H,21,23,25). The highest BCUT2D eigenvalue weighted by atomic mass is 32.1. The molecule has 0 aliphatic heterocycles. The van der Waals surface area contributed by atoms with Gasteiger partial charge < -0.3 is 10.2 Å². The largest absolute Gasteiger partial charge is 0.342 e. The summed E-state index contributed by atoms with van der Waals surface area (Å²) in [4.78, 5) is 27.6. The maximum Gasteiger partial charge on any atom is 0.227 e. The molecule has 3 aromatic rings. The van der Waals surface area contributed by atoms with Crippen molar-refractivity contribution >= 4 is 39.6 Å². The first-order valence-corrected chi connectivity index (χ1v) is 10.8. The molecule has 0 unspecified atom stereocenters. The fraction of sp³-hybridized carbons (Fsp3) is 0.300. The van der Waals surface area contributed by atoms with Crippen molar-refractivity contribution in [3.63, 3.8) is 0 Å². The van der Waals surface area contributed by atoms with E-state index in [0.717, 1.165) is 21.9 Å². The van der Waals surface area contributed by atoms with E-state index in [1.165, 1.54) is 11.3 Å². The van der Waals surface area contributed by atoms with Gasteiger partial charge in [-0.25, -0.2) is 0 Å². The highest BCUT2D eigenvalue weighted by Crippen LogP contribution is 2.25. The number of anilines is 1. The molecule has 146 valence electrons. The Hall–Kier alpha value is -2.58. The first-order chi connectivity index (χ1) is 13.7. The van der Waals surface area contributed by atoms with Crippen LogP contribution in [0.2, 0.25) is 0 Å². The van der Waals surface area contributed by atoms with Crippen molar-refractivity contribution < 1.29 is 9.59 Å². The van der Waals surface area contributed by atoms with E-state index >= 15 is 0 Å². The van der Waals surface area contributed by atoms with Crippen LogP contribution in [0.15, 0.2) is 47.8 Å². The third kappa shape index (κ3) is 5.71. The van der Waals surface area contributed by atoms with E-state index in [4.69, 9.17) is 0 Å². The molecule has 0 fully saturated rings. The third-order valence-corrected chi connectivity index (χ3v) is 5.82. The van der Waals surface area contributed by atoms with Crippen LogP contribution in [0.5, 0.6) is 0 Å². The van der Waals surface area contributed by atoms with Crippen LogP contribution >= 0.6 is 22.7 Å². The minimum Gasteiger partial charge on any atom is -0.342 e. The lowest BCUT2D eigenvalue weighted by atomic mass is 10.2. The monoisotopic (exact) mass is 414 g/mol. The Morgan fingerprint density at radius 1 is 1.07 bits per heavy atom. The van der Waals surface area contributed by atoms with Gasteiger partial charge in [-0.05, 0) is 17.9 Å². The Labute approximate surface area is 172 Å². The van der Waals surface area contributed by atoms with Crippen molar-refractivity contribution in [2.45, 2.75) is 26.2 Å². The van der Waals surface area contributed by atoms with Gasteiger partial charge >= 0.3 is 0 Å². The zero-order valence-electron chi connectivity index (χ0n) is 15.6. The van der Waals surface area contributed by atoms with Crippen molar-refractivity contribution in [2.75, 3.05) is 18.4 Å². The van der Waals surface area contributed by atoms with E-state index in [1.54, 1.807) is 16.2 Å². The molecule has 0 spiro atoms. The number of nitrogens with zero attached hydrogens (tertiary/aromatic N) is 3. The number of benzene rings is 1. The van der Waals surface area contributed by atoms with Crippen LogP contribution in [0.25, 0.3) is 10.6 Å². The SMILES string of the molecule is CCCN(CCC(=O)Nc1nnc(-c2ccccc2)s1)C(=O)Cc1cccs1. The molecule has 0 atom stereocenters. The van der Waals surface area contributed by atoms with Gasteiger partial charge in [-0.2, -0.15) is 0 Å². The second-order valence-corrected chi connectivity index (χ2v) is 8.22. The molecule has 28 heavy (non-hydrogen) atoms. The molecule has 0 aliphatic carbocycles. The summed E-state index contributed by atoms with van der Waals surface area (Å²) in [5.41, 5.74) is 0.966. The molecule has 2 heterocycles. The first kappa shape index (κ1) is 20.2. The van der Waals surface area contributed by atoms with Gasteiger partial charge in [0.1, 0.15) is 5.01 Å². The van der Waals surface area contributed by atoms with Gasteiger partial charge in [0, 0.05) is 30.0 Å². The maximum absolute atomic E-state index is 12.5. The molecular weight excluding hydrogens is 392 g/mol. The molecule has 2 aromatic heterocycles. The van der Waals surface area contributed by atoms with Crippen LogP contribution in [-0.4, -0.2) is 40.0 Å². The number of hydrogen-bond acceptors (Lipinski definition) is 6. The summed E-state index contributed by atoms with van der Waals surface area (Å²) in [5, 5.41) is 14.1. The Balaban J connectivity index is 1.52. The average molecular weight is 415 g/mol. The number of amides is 2. The van der Waals surface area contributed by atoms with E-state index < -0.39 is 0 Å². The normalized spacial score (nSPS) is 10.6. The zero-order valence-corrected chi connectivity index (χ0v) is 17.3. The fourth-order valence-corrected chi connectivity index (χ4v) is 4.16. The van der Waals surface area contributed by atoms with Crippen molar-refractivity contribution in [3.05, 3.63) is 52.7 Å². The quantitative estimate of drug-likeness (QED) is 0.573. The lowest BCUT2D eigenvalue weighted by molar-refractivity contribution is -0.130. The van der Waals surface area contributed by atoms with E-state index in [1.807, 2.05) is 54.8 Å². The van der Waals surface area contributed by atoms with Gasteiger partial charge in [-0.1, -0.05) is 54.7 Å². The topological polar surface area (TPSA) is 75.2 Å². The second-order valence-electron chi connectivity index (χ2n) is 6.21. The first-order valence-electron chi connectivity index (χ1n) is 9.14. The fourth-order valence-electron chi connectivity index (χ4n) is 2.69. The average Bonchev–Trinajstić information content (AvgIpc) is 3.38. The summed E-state index contributed by atoms with van der Waals surface area (Å²) in [7, 11) is 0. The molecule has 1 aromatic carbocycles. The molecule has 0 bridgehead atoms. The maximum atomic E-state index is 12.5. The molecule has 2 amide bonds. The minimum absolute atomic E-state index is 0.0550. The number of thiophene rings is 1. The number of hydrogen-bond donors (Lipinski definition) is 1. The molecule has 0 aliphatic rings. The highest BCUT2D eigenvalue weighted by Gasteiger charge is 2.16. The molecule has 0 saturated heterocycles. The summed E-state index contributed by atoms with van der Waals surface area (Å²) in [6.07, 6.45) is 1.47. The zero-order chi connectivity index (χ0) is 19.8. The summed E-state index contributed by atoms with van der Waals surface area (Å²) in [5.74, 6) is -0.111. The van der Waals surface area contributed by atoms with Crippen LogP contribution in [-0.2, 0) is 16.0 Å². The van der Waals surface area contributed by atoms with Crippen LogP contribution in [0.1, 0.15) is 24.6 Å². The van der Waals surface area contributed by atoms with Crippen molar-refractivity contribution in [1.82, 2.24) is 15.1 Å². The van der Waals surface area contributed by atoms with Crippen molar-refractivity contribution in [3.8, 4) is 10.6 Å². The van der Waals surface area contributed by atoms with Crippen LogP contribution in [0, 0.1) is 0 Å². The second kappa shape index (κ2) is 10.1. The van der Waals surface area contributed by atoms with Gasteiger partial charge in [0.25, 0.3) is 0 Å². The molecule has 8 heteroatoms. The number of nitrogens with one attached hydrogen (secondary N) is 1. The Kier molecular flexibility index (Phi) is 7.27. The van der Waals surface area contributed by atoms with Gasteiger partial charge in [-0.3, -0.25) is 9.59 Å². The van der Waals surface area contributed by atoms with Gasteiger partial charge in [-0.15, -0.1) is 21.5 Å². The van der Waals surface area contributed by atoms with Gasteiger partial charge in [0.15, 0.2) is 0 Å². The van der Waals surface area contributed by atoms with Crippen LogP contribution in [0.3, 0.4) is 0 Å². The number of rotatable bonds is 9. The summed E-state index contributed by atoms with van der Waals surface area (Å²) >= 11 is 2.91. The van der Waals surface area contributed by atoms with E-state index in [2.05, 4.69) is 15.5 Å². The molecule has 0 saturated carbocycles. The predicted molar refractivity (Wildman–Crippen MR) is 113 cm³/mol. The molecule has 6 nitrogen and oxygen atoms in total. The summed E-state index contributed by atoms with van der Waals surface area (Å²) in [6, 6.07) is 13.6. The third-order valence-electron chi connectivity index (χ3n) is 4.05. The minimum atomic E-state index is -0.166. The predicted octanol–water partition coefficient (Wildman–Crippen LogP) is 4.08. The molecule has 1 N–H and O–H groups in total. The number of carbonyl (C=O) groups excluding carboxylic acids is 2. The molecular formula is C20H22N4O2S2. The number of carbonyl (C=O) groups is 2. The van der Waals surface area contributed by atoms with E-state index in [-0.39, 0.29) is 18.2 Å². The molecule has 3 rings (SSSR count). The Bertz CT molecular complexity index is 894. The van der Waals surface area contributed by atoms with Crippen LogP contribution in [0.4, 0.5) is 5.13 Å². The van der Waals surface area contributed by atoms with E-state index in [0.29, 0.717) is 24.6 Å². The Morgan fingerprint density at radius 2 is 1.89 bits per heavy atom. The lowest BCUT2D eigenvalue weighted by Crippen LogP contribution is -2.35.